The molecule has 1 fully saturated rings. The molecule has 0 spiro atoms. The van der Waals surface area contributed by atoms with E-state index in [0.717, 1.165) is 29.9 Å². The molecule has 124 valence electrons. The van der Waals surface area contributed by atoms with E-state index in [4.69, 9.17) is 4.42 Å². The van der Waals surface area contributed by atoms with Crippen LogP contribution >= 0.6 is 11.3 Å². The van der Waals surface area contributed by atoms with Crippen molar-refractivity contribution >= 4 is 27.1 Å². The van der Waals surface area contributed by atoms with Gasteiger partial charge in [-0.15, -0.1) is 11.3 Å². The molecular weight excluding hydrogens is 351 g/mol. The van der Waals surface area contributed by atoms with E-state index in [-0.39, 0.29) is 27.7 Å². The molecule has 5 nitrogen and oxygen atoms in total. The summed E-state index contributed by atoms with van der Waals surface area (Å²) < 4.78 is 44.5. The summed E-state index contributed by atoms with van der Waals surface area (Å²) in [4.78, 5) is 4.93. The van der Waals surface area contributed by atoms with Crippen LogP contribution in [0.25, 0.3) is 10.8 Å². The highest BCUT2D eigenvalue weighted by Crippen LogP contribution is 2.36. The molecule has 0 bridgehead atoms. The number of nitrogens with one attached hydrogen (secondary N) is 1. The summed E-state index contributed by atoms with van der Waals surface area (Å²) in [7, 11) is -3.90. The summed E-state index contributed by atoms with van der Waals surface area (Å²) >= 11 is 1.41. The first-order valence-electron chi connectivity index (χ1n) is 7.36. The van der Waals surface area contributed by atoms with Crippen LogP contribution in [0.15, 0.2) is 56.1 Å². The second-order valence-corrected chi connectivity index (χ2v) is 8.32. The molecule has 0 radical (unpaired) electrons. The van der Waals surface area contributed by atoms with Gasteiger partial charge in [-0.05, 0) is 48.6 Å². The Bertz CT molecular complexity index is 959. The van der Waals surface area contributed by atoms with Crippen LogP contribution in [-0.4, -0.2) is 19.4 Å². The van der Waals surface area contributed by atoms with Crippen molar-refractivity contribution in [1.29, 1.82) is 0 Å². The Kier molecular flexibility index (Phi) is 3.65. The number of halogens is 1. The minimum atomic E-state index is -3.90. The highest BCUT2D eigenvalue weighted by Gasteiger charge is 2.32. The van der Waals surface area contributed by atoms with Crippen LogP contribution < -0.4 is 5.32 Å². The SMILES string of the molecule is O=S(=O)(c1ccc(F)cc1)c1nc(-c2cccs2)oc1NC1CC1. The average molecular weight is 364 g/mol. The number of anilines is 1. The number of oxazole rings is 1. The molecule has 0 saturated heterocycles. The average Bonchev–Trinajstić information content (AvgIpc) is 3.04. The molecule has 2 heterocycles. The smallest absolute Gasteiger partial charge is 0.240 e. The van der Waals surface area contributed by atoms with Crippen molar-refractivity contribution in [2.45, 2.75) is 28.8 Å². The van der Waals surface area contributed by atoms with Gasteiger partial charge in [-0.25, -0.2) is 12.8 Å². The fourth-order valence-corrected chi connectivity index (χ4v) is 4.14. The first-order valence-corrected chi connectivity index (χ1v) is 9.72. The van der Waals surface area contributed by atoms with Crippen molar-refractivity contribution in [2.24, 2.45) is 0 Å². The summed E-state index contributed by atoms with van der Waals surface area (Å²) in [5, 5.41) is 4.78. The Balaban J connectivity index is 1.81. The van der Waals surface area contributed by atoms with Gasteiger partial charge in [0, 0.05) is 6.04 Å². The summed E-state index contributed by atoms with van der Waals surface area (Å²) in [6, 6.07) is 8.53. The highest BCUT2D eigenvalue weighted by molar-refractivity contribution is 7.91. The van der Waals surface area contributed by atoms with Crippen LogP contribution in [0.5, 0.6) is 0 Å². The molecule has 24 heavy (non-hydrogen) atoms. The van der Waals surface area contributed by atoms with E-state index in [1.54, 1.807) is 0 Å². The monoisotopic (exact) mass is 364 g/mol. The van der Waals surface area contributed by atoms with Crippen LogP contribution in [0, 0.1) is 5.82 Å². The quantitative estimate of drug-likeness (QED) is 0.694. The topological polar surface area (TPSA) is 72.2 Å². The number of thiophene rings is 1. The zero-order chi connectivity index (χ0) is 16.7. The lowest BCUT2D eigenvalue weighted by molar-refractivity contribution is 0.577. The number of hydrogen-bond donors (Lipinski definition) is 1. The Morgan fingerprint density at radius 3 is 2.58 bits per heavy atom. The predicted molar refractivity (Wildman–Crippen MR) is 88.3 cm³/mol. The summed E-state index contributed by atoms with van der Waals surface area (Å²) in [5.74, 6) is -0.0937. The maximum absolute atomic E-state index is 13.1. The largest absolute Gasteiger partial charge is 0.418 e. The zero-order valence-corrected chi connectivity index (χ0v) is 14.0. The second-order valence-electron chi connectivity index (χ2n) is 5.51. The number of sulfone groups is 1. The van der Waals surface area contributed by atoms with Gasteiger partial charge in [-0.2, -0.15) is 4.98 Å². The lowest BCUT2D eigenvalue weighted by Crippen LogP contribution is -2.08. The van der Waals surface area contributed by atoms with E-state index < -0.39 is 15.7 Å². The van der Waals surface area contributed by atoms with E-state index in [1.807, 2.05) is 17.5 Å². The van der Waals surface area contributed by atoms with E-state index in [0.29, 0.717) is 0 Å². The van der Waals surface area contributed by atoms with Gasteiger partial charge in [0.1, 0.15) is 5.82 Å². The highest BCUT2D eigenvalue weighted by atomic mass is 32.2. The normalized spacial score (nSPS) is 14.7. The summed E-state index contributed by atoms with van der Waals surface area (Å²) in [5.41, 5.74) is 0. The molecule has 1 saturated carbocycles. The standard InChI is InChI=1S/C16H13FN2O3S2/c17-10-3-7-12(8-4-10)24(20,21)16-15(18-11-5-6-11)22-14(19-16)13-2-1-9-23-13/h1-4,7-9,11,18H,5-6H2. The Morgan fingerprint density at radius 2 is 1.96 bits per heavy atom. The number of rotatable bonds is 5. The molecule has 1 N–H and O–H groups in total. The van der Waals surface area contributed by atoms with Gasteiger partial charge < -0.3 is 9.73 Å². The van der Waals surface area contributed by atoms with Gasteiger partial charge in [0.25, 0.3) is 0 Å². The summed E-state index contributed by atoms with van der Waals surface area (Å²) in [6.45, 7) is 0. The third kappa shape index (κ3) is 2.83. The number of hydrogen-bond acceptors (Lipinski definition) is 6. The Morgan fingerprint density at radius 1 is 1.21 bits per heavy atom. The van der Waals surface area contributed by atoms with Crippen molar-refractivity contribution in [2.75, 3.05) is 5.32 Å². The van der Waals surface area contributed by atoms with Gasteiger partial charge in [-0.1, -0.05) is 6.07 Å². The molecule has 2 aromatic heterocycles. The maximum Gasteiger partial charge on any atom is 0.240 e. The molecule has 0 atom stereocenters. The molecule has 1 aliphatic carbocycles. The van der Waals surface area contributed by atoms with Crippen LogP contribution in [0.3, 0.4) is 0 Å². The predicted octanol–water partition coefficient (Wildman–Crippen LogP) is 3.95. The van der Waals surface area contributed by atoms with Gasteiger partial charge >= 0.3 is 0 Å². The van der Waals surface area contributed by atoms with Crippen LogP contribution in [0.4, 0.5) is 10.3 Å². The lowest BCUT2D eigenvalue weighted by Gasteiger charge is -2.04. The Hall–Kier alpha value is -2.19. The minimum absolute atomic E-state index is 0.0197. The molecule has 1 aromatic carbocycles. The first-order chi connectivity index (χ1) is 11.5. The summed E-state index contributed by atoms with van der Waals surface area (Å²) in [6.07, 6.45) is 1.93. The first kappa shape index (κ1) is 15.3. The van der Waals surface area contributed by atoms with E-state index in [2.05, 4.69) is 10.3 Å². The molecule has 3 aromatic rings. The third-order valence-corrected chi connectivity index (χ3v) is 6.16. The fourth-order valence-electron chi connectivity index (χ4n) is 2.22. The van der Waals surface area contributed by atoms with Gasteiger partial charge in [0.05, 0.1) is 9.77 Å². The van der Waals surface area contributed by atoms with Crippen molar-refractivity contribution < 1.29 is 17.2 Å². The minimum Gasteiger partial charge on any atom is -0.418 e. The van der Waals surface area contributed by atoms with Gasteiger partial charge in [0.2, 0.25) is 26.6 Å². The van der Waals surface area contributed by atoms with Crippen LogP contribution in [0.2, 0.25) is 0 Å². The fraction of sp³-hybridized carbons (Fsp3) is 0.188. The van der Waals surface area contributed by atoms with Crippen LogP contribution in [0.1, 0.15) is 12.8 Å². The molecule has 8 heteroatoms. The van der Waals surface area contributed by atoms with E-state index in [9.17, 15) is 12.8 Å². The molecule has 1 aliphatic rings. The molecular formula is C16H13FN2O3S2. The number of benzene rings is 1. The van der Waals surface area contributed by atoms with E-state index >= 15 is 0 Å². The maximum atomic E-state index is 13.1. The van der Waals surface area contributed by atoms with Crippen molar-refractivity contribution in [3.8, 4) is 10.8 Å². The molecule has 0 aliphatic heterocycles. The third-order valence-electron chi connectivity index (χ3n) is 3.62. The van der Waals surface area contributed by atoms with Gasteiger partial charge in [-0.3, -0.25) is 0 Å². The van der Waals surface area contributed by atoms with Crippen molar-refractivity contribution in [1.82, 2.24) is 4.98 Å². The van der Waals surface area contributed by atoms with E-state index in [1.165, 1.54) is 23.5 Å². The van der Waals surface area contributed by atoms with Crippen molar-refractivity contribution in [3.63, 3.8) is 0 Å². The second kappa shape index (κ2) is 5.71. The zero-order valence-electron chi connectivity index (χ0n) is 12.4. The Labute approximate surface area is 142 Å². The molecule has 4 rings (SSSR count). The molecule has 0 amide bonds. The molecule has 0 unspecified atom stereocenters. The number of nitrogens with zero attached hydrogens (tertiary/aromatic N) is 1. The van der Waals surface area contributed by atoms with Crippen molar-refractivity contribution in [3.05, 3.63) is 47.6 Å². The van der Waals surface area contributed by atoms with Crippen LogP contribution in [-0.2, 0) is 9.84 Å². The van der Waals surface area contributed by atoms with Gasteiger partial charge in [0.15, 0.2) is 0 Å². The lowest BCUT2D eigenvalue weighted by atomic mass is 10.4. The number of aromatic nitrogens is 1.